The zero-order chi connectivity index (χ0) is 13.5. The van der Waals surface area contributed by atoms with E-state index in [1.54, 1.807) is 12.4 Å². The zero-order valence-electron chi connectivity index (χ0n) is 10.4. The Morgan fingerprint density at radius 3 is 2.47 bits per heavy atom. The van der Waals surface area contributed by atoms with Crippen LogP contribution in [0.4, 0.5) is 0 Å². The standard InChI is InChI=1S/C14H13ClN4/c15-11-3-10(6-18-7-11)14(8-16)4-12-1-2-13(5-14)19(12)9-17/h3,6-7,12-13H,1-2,4-5H2. The van der Waals surface area contributed by atoms with Crippen molar-refractivity contribution in [2.45, 2.75) is 43.2 Å². The first-order valence-electron chi connectivity index (χ1n) is 6.39. The summed E-state index contributed by atoms with van der Waals surface area (Å²) in [5, 5.41) is 19.4. The number of nitriles is 2. The molecule has 0 aromatic carbocycles. The number of rotatable bonds is 1. The van der Waals surface area contributed by atoms with Gasteiger partial charge in [-0.25, -0.2) is 0 Å². The summed E-state index contributed by atoms with van der Waals surface area (Å²) in [6.45, 7) is 0. The third kappa shape index (κ3) is 1.84. The molecule has 0 aliphatic carbocycles. The molecule has 2 saturated heterocycles. The first-order valence-corrected chi connectivity index (χ1v) is 6.77. The van der Waals surface area contributed by atoms with Crippen LogP contribution in [0.15, 0.2) is 18.5 Å². The Labute approximate surface area is 117 Å². The SMILES string of the molecule is N#CN1C2CCC1CC(C#N)(c1cncc(Cl)c1)C2. The topological polar surface area (TPSA) is 63.7 Å². The van der Waals surface area contributed by atoms with Gasteiger partial charge >= 0.3 is 0 Å². The van der Waals surface area contributed by atoms with Crippen molar-refractivity contribution >= 4 is 11.6 Å². The van der Waals surface area contributed by atoms with E-state index >= 15 is 0 Å². The molecule has 2 fully saturated rings. The van der Waals surface area contributed by atoms with E-state index in [2.05, 4.69) is 17.2 Å². The third-order valence-corrected chi connectivity index (χ3v) is 4.58. The summed E-state index contributed by atoms with van der Waals surface area (Å²) in [4.78, 5) is 5.97. The first kappa shape index (κ1) is 12.3. The predicted molar refractivity (Wildman–Crippen MR) is 70.0 cm³/mol. The molecular weight excluding hydrogens is 260 g/mol. The van der Waals surface area contributed by atoms with Gasteiger partial charge in [0.2, 0.25) is 0 Å². The van der Waals surface area contributed by atoms with Gasteiger partial charge < -0.3 is 4.90 Å². The van der Waals surface area contributed by atoms with E-state index in [0.717, 1.165) is 18.4 Å². The summed E-state index contributed by atoms with van der Waals surface area (Å²) in [6.07, 6.45) is 8.96. The minimum absolute atomic E-state index is 0.183. The Morgan fingerprint density at radius 2 is 1.95 bits per heavy atom. The van der Waals surface area contributed by atoms with Gasteiger partial charge in [-0.05, 0) is 37.3 Å². The summed E-state index contributed by atoms with van der Waals surface area (Å²) in [5.74, 6) is 0. The zero-order valence-corrected chi connectivity index (χ0v) is 11.1. The molecule has 3 rings (SSSR count). The van der Waals surface area contributed by atoms with Gasteiger partial charge in [0.05, 0.1) is 16.5 Å². The summed E-state index contributed by atoms with van der Waals surface area (Å²) < 4.78 is 0. The summed E-state index contributed by atoms with van der Waals surface area (Å²) >= 11 is 5.99. The lowest BCUT2D eigenvalue weighted by molar-refractivity contribution is 0.167. The van der Waals surface area contributed by atoms with Crippen LogP contribution < -0.4 is 0 Å². The second kappa shape index (κ2) is 4.40. The van der Waals surface area contributed by atoms with Crippen molar-refractivity contribution in [2.75, 3.05) is 0 Å². The summed E-state index contributed by atoms with van der Waals surface area (Å²) in [5.41, 5.74) is 0.342. The van der Waals surface area contributed by atoms with E-state index in [4.69, 9.17) is 11.6 Å². The van der Waals surface area contributed by atoms with E-state index in [-0.39, 0.29) is 12.1 Å². The second-order valence-electron chi connectivity index (χ2n) is 5.39. The van der Waals surface area contributed by atoms with E-state index in [1.165, 1.54) is 0 Å². The van der Waals surface area contributed by atoms with Crippen LogP contribution in [0.5, 0.6) is 0 Å². The number of hydrogen-bond acceptors (Lipinski definition) is 4. The number of pyridine rings is 1. The van der Waals surface area contributed by atoms with E-state index in [9.17, 15) is 10.5 Å². The molecule has 1 aromatic rings. The maximum Gasteiger partial charge on any atom is 0.179 e. The monoisotopic (exact) mass is 272 g/mol. The number of halogens is 1. The Balaban J connectivity index is 2.00. The molecule has 2 aliphatic rings. The molecule has 2 atom stereocenters. The van der Waals surface area contributed by atoms with Crippen molar-refractivity contribution in [2.24, 2.45) is 0 Å². The molecule has 2 bridgehead atoms. The van der Waals surface area contributed by atoms with Crippen LogP contribution in [0, 0.1) is 22.8 Å². The van der Waals surface area contributed by atoms with Crippen molar-refractivity contribution in [1.29, 1.82) is 10.5 Å². The van der Waals surface area contributed by atoms with Gasteiger partial charge in [0, 0.05) is 24.5 Å². The largest absolute Gasteiger partial charge is 0.304 e. The van der Waals surface area contributed by atoms with Gasteiger partial charge in [-0.2, -0.15) is 10.5 Å². The van der Waals surface area contributed by atoms with Crippen LogP contribution in [-0.2, 0) is 5.41 Å². The molecule has 0 radical (unpaired) electrons. The Hall–Kier alpha value is -1.78. The lowest BCUT2D eigenvalue weighted by Gasteiger charge is -2.40. The molecule has 2 aliphatic heterocycles. The van der Waals surface area contributed by atoms with Crippen LogP contribution >= 0.6 is 11.6 Å². The summed E-state index contributed by atoms with van der Waals surface area (Å²) in [6, 6.07) is 4.67. The fourth-order valence-electron chi connectivity index (χ4n) is 3.48. The maximum atomic E-state index is 9.69. The van der Waals surface area contributed by atoms with Crippen LogP contribution in [0.25, 0.3) is 0 Å². The van der Waals surface area contributed by atoms with Gasteiger partial charge in [0.15, 0.2) is 6.19 Å². The van der Waals surface area contributed by atoms with Gasteiger partial charge in [0.25, 0.3) is 0 Å². The lowest BCUT2D eigenvalue weighted by Crippen LogP contribution is -2.46. The smallest absolute Gasteiger partial charge is 0.179 e. The average molecular weight is 273 g/mol. The Morgan fingerprint density at radius 1 is 1.26 bits per heavy atom. The number of aromatic nitrogens is 1. The Kier molecular flexibility index (Phi) is 2.84. The third-order valence-electron chi connectivity index (χ3n) is 4.38. The summed E-state index contributed by atoms with van der Waals surface area (Å²) in [7, 11) is 0. The average Bonchev–Trinajstić information content (AvgIpc) is 2.68. The number of hydrogen-bond donors (Lipinski definition) is 0. The molecule has 4 nitrogen and oxygen atoms in total. The van der Waals surface area contributed by atoms with Crippen molar-refractivity contribution in [3.8, 4) is 12.3 Å². The molecular formula is C14H13ClN4. The number of nitrogens with zero attached hydrogens (tertiary/aromatic N) is 4. The predicted octanol–water partition coefficient (Wildman–Crippen LogP) is 2.60. The van der Waals surface area contributed by atoms with Crippen LogP contribution in [0.2, 0.25) is 5.02 Å². The highest BCUT2D eigenvalue weighted by Crippen LogP contribution is 2.46. The van der Waals surface area contributed by atoms with Gasteiger partial charge in [-0.15, -0.1) is 0 Å². The molecule has 1 aromatic heterocycles. The van der Waals surface area contributed by atoms with E-state index < -0.39 is 5.41 Å². The minimum atomic E-state index is -0.545. The molecule has 2 unspecified atom stereocenters. The van der Waals surface area contributed by atoms with Crippen molar-refractivity contribution in [3.05, 3.63) is 29.0 Å². The van der Waals surface area contributed by atoms with Gasteiger partial charge in [-0.3, -0.25) is 4.98 Å². The molecule has 19 heavy (non-hydrogen) atoms. The quantitative estimate of drug-likeness (QED) is 0.737. The highest BCUT2D eigenvalue weighted by Gasteiger charge is 2.49. The van der Waals surface area contributed by atoms with Gasteiger partial charge in [0.1, 0.15) is 0 Å². The molecule has 3 heterocycles. The van der Waals surface area contributed by atoms with Crippen LogP contribution in [0.3, 0.4) is 0 Å². The molecule has 96 valence electrons. The molecule has 5 heteroatoms. The van der Waals surface area contributed by atoms with Gasteiger partial charge in [-0.1, -0.05) is 11.6 Å². The fourth-order valence-corrected chi connectivity index (χ4v) is 3.65. The van der Waals surface area contributed by atoms with Crippen molar-refractivity contribution in [1.82, 2.24) is 9.88 Å². The first-order chi connectivity index (χ1) is 9.18. The molecule has 0 N–H and O–H groups in total. The second-order valence-corrected chi connectivity index (χ2v) is 5.82. The lowest BCUT2D eigenvalue weighted by atomic mass is 9.72. The highest BCUT2D eigenvalue weighted by atomic mass is 35.5. The van der Waals surface area contributed by atoms with Crippen LogP contribution in [-0.4, -0.2) is 22.0 Å². The minimum Gasteiger partial charge on any atom is -0.304 e. The maximum absolute atomic E-state index is 9.69. The normalized spacial score (nSPS) is 32.7. The molecule has 0 saturated carbocycles. The van der Waals surface area contributed by atoms with E-state index in [1.807, 2.05) is 11.0 Å². The number of fused-ring (bicyclic) bond motifs is 2. The highest BCUT2D eigenvalue weighted by molar-refractivity contribution is 6.30. The van der Waals surface area contributed by atoms with Crippen molar-refractivity contribution < 1.29 is 0 Å². The Bertz CT molecular complexity index is 572. The molecule has 0 spiro atoms. The molecule has 0 amide bonds. The van der Waals surface area contributed by atoms with Crippen molar-refractivity contribution in [3.63, 3.8) is 0 Å². The number of piperidine rings is 1. The fraction of sp³-hybridized carbons (Fsp3) is 0.500. The van der Waals surface area contributed by atoms with Crippen LogP contribution in [0.1, 0.15) is 31.2 Å². The van der Waals surface area contributed by atoms with E-state index in [0.29, 0.717) is 17.9 Å².